The lowest BCUT2D eigenvalue weighted by Crippen LogP contribution is -2.36. The summed E-state index contributed by atoms with van der Waals surface area (Å²) in [7, 11) is -2.45. The van der Waals surface area contributed by atoms with Crippen LogP contribution in [0.4, 0.5) is 0 Å². The summed E-state index contributed by atoms with van der Waals surface area (Å²) < 4.78 is 8.88. The van der Waals surface area contributed by atoms with Crippen LogP contribution in [0.3, 0.4) is 0 Å². The second-order valence-electron chi connectivity index (χ2n) is 3.82. The van der Waals surface area contributed by atoms with Gasteiger partial charge in [-0.2, -0.15) is 0 Å². The molecule has 0 aromatic heterocycles. The van der Waals surface area contributed by atoms with E-state index in [1.165, 1.54) is 12.1 Å². The highest BCUT2D eigenvalue weighted by molar-refractivity contribution is 7.45. The molecule has 1 aliphatic heterocycles. The molecule has 0 aromatic carbocycles. The molecule has 0 bridgehead atoms. The van der Waals surface area contributed by atoms with E-state index in [9.17, 15) is 0 Å². The number of hydrogen-bond acceptors (Lipinski definition) is 3. The first kappa shape index (κ1) is 16.4. The third kappa shape index (κ3) is 6.07. The van der Waals surface area contributed by atoms with Gasteiger partial charge in [-0.3, -0.25) is 0 Å². The lowest BCUT2D eigenvalue weighted by atomic mass is 10.3. The van der Waals surface area contributed by atoms with E-state index in [-0.39, 0.29) is 0 Å². The van der Waals surface area contributed by atoms with Gasteiger partial charge in [0.15, 0.2) is 0 Å². The Balaban J connectivity index is 0.000000437. The van der Waals surface area contributed by atoms with Crippen molar-refractivity contribution in [1.82, 2.24) is 9.80 Å². The average molecular weight is 266 g/mol. The summed E-state index contributed by atoms with van der Waals surface area (Å²) in [5.74, 6) is 0. The van der Waals surface area contributed by atoms with Gasteiger partial charge >= 0.3 is 7.82 Å². The van der Waals surface area contributed by atoms with Gasteiger partial charge in [-0.1, -0.05) is 13.8 Å². The van der Waals surface area contributed by atoms with E-state index < -0.39 is 7.82 Å². The summed E-state index contributed by atoms with van der Waals surface area (Å²) in [5.41, 5.74) is 1.46. The molecule has 102 valence electrons. The molecule has 1 rings (SSSR count). The lowest BCUT2D eigenvalue weighted by molar-refractivity contribution is 0.168. The van der Waals surface area contributed by atoms with E-state index in [2.05, 4.69) is 43.8 Å². The van der Waals surface area contributed by atoms with Crippen LogP contribution < -0.4 is 0 Å². The van der Waals surface area contributed by atoms with Gasteiger partial charge < -0.3 is 24.5 Å². The van der Waals surface area contributed by atoms with Crippen LogP contribution in [0.15, 0.2) is 11.9 Å². The molecule has 1 unspecified atom stereocenters. The summed E-state index contributed by atoms with van der Waals surface area (Å²) in [5, 5.41) is 0. The Bertz CT molecular complexity index is 294. The zero-order valence-corrected chi connectivity index (χ0v) is 11.8. The Kier molecular flexibility index (Phi) is 6.78. The van der Waals surface area contributed by atoms with Crippen LogP contribution in [0.25, 0.3) is 0 Å². The summed E-state index contributed by atoms with van der Waals surface area (Å²) in [6.45, 7) is 7.79. The predicted octanol–water partition coefficient (Wildman–Crippen LogP) is 1.31. The average Bonchev–Trinajstić information content (AvgIpc) is 2.51. The molecule has 0 fully saturated rings. The van der Waals surface area contributed by atoms with Crippen LogP contribution in [0.5, 0.6) is 0 Å². The van der Waals surface area contributed by atoms with Crippen molar-refractivity contribution in [2.45, 2.75) is 39.8 Å². The van der Waals surface area contributed by atoms with Gasteiger partial charge in [0, 0.05) is 25.5 Å². The molecule has 1 aliphatic rings. The topological polar surface area (TPSA) is 84.2 Å². The van der Waals surface area contributed by atoms with Crippen molar-refractivity contribution in [3.63, 3.8) is 0 Å². The molecule has 0 spiro atoms. The van der Waals surface area contributed by atoms with Crippen LogP contribution >= 0.6 is 7.82 Å². The quantitative estimate of drug-likeness (QED) is 0.668. The summed E-state index contributed by atoms with van der Waals surface area (Å²) in [6, 6.07) is 0. The van der Waals surface area contributed by atoms with Crippen molar-refractivity contribution in [2.24, 2.45) is 0 Å². The minimum absolute atomic E-state index is 0.602. The third-order valence-electron chi connectivity index (χ3n) is 2.69. The molecule has 0 aromatic rings. The molecule has 6 nitrogen and oxygen atoms in total. The zero-order chi connectivity index (χ0) is 13.6. The van der Waals surface area contributed by atoms with E-state index in [1.807, 2.05) is 0 Å². The van der Waals surface area contributed by atoms with Crippen LogP contribution in [-0.4, -0.2) is 44.2 Å². The monoisotopic (exact) mass is 266 g/mol. The van der Waals surface area contributed by atoms with Crippen molar-refractivity contribution < 1.29 is 19.2 Å². The van der Waals surface area contributed by atoms with Crippen LogP contribution in [0.2, 0.25) is 0 Å². The van der Waals surface area contributed by atoms with Gasteiger partial charge in [0.2, 0.25) is 0 Å². The second kappa shape index (κ2) is 7.01. The van der Waals surface area contributed by atoms with E-state index in [1.54, 1.807) is 0 Å². The number of allylic oxidation sites excluding steroid dienone is 1. The van der Waals surface area contributed by atoms with Crippen molar-refractivity contribution in [2.75, 3.05) is 13.6 Å². The Hall–Kier alpha value is -0.550. The van der Waals surface area contributed by atoms with E-state index in [0.717, 1.165) is 13.0 Å². The largest absolute Gasteiger partial charge is 0.466 e. The molecule has 0 saturated carbocycles. The Morgan fingerprint density at radius 1 is 1.29 bits per heavy atom. The van der Waals surface area contributed by atoms with E-state index in [4.69, 9.17) is 19.2 Å². The normalized spacial score (nSPS) is 19.9. The van der Waals surface area contributed by atoms with Gasteiger partial charge in [-0.25, -0.2) is 4.57 Å². The van der Waals surface area contributed by atoms with Crippen molar-refractivity contribution >= 4 is 7.82 Å². The predicted molar refractivity (Wildman–Crippen MR) is 66.9 cm³/mol. The molecule has 0 amide bonds. The van der Waals surface area contributed by atoms with Crippen molar-refractivity contribution in [3.05, 3.63) is 11.9 Å². The van der Waals surface area contributed by atoms with Gasteiger partial charge in [0.25, 0.3) is 0 Å². The SMILES string of the molecule is CCC1=CN(CC)C(CC)N1C.O=P(O)(O)O. The molecule has 0 aliphatic carbocycles. The van der Waals surface area contributed by atoms with E-state index >= 15 is 0 Å². The summed E-state index contributed by atoms with van der Waals surface area (Å²) >= 11 is 0. The van der Waals surface area contributed by atoms with Crippen molar-refractivity contribution in [3.8, 4) is 0 Å². The second-order valence-corrected chi connectivity index (χ2v) is 4.84. The Morgan fingerprint density at radius 2 is 1.76 bits per heavy atom. The molecule has 17 heavy (non-hydrogen) atoms. The lowest BCUT2D eigenvalue weighted by Gasteiger charge is -2.29. The molecular formula is C10H23N2O4P. The fraction of sp³-hybridized carbons (Fsp3) is 0.800. The molecule has 1 heterocycles. The molecule has 3 N–H and O–H groups in total. The standard InChI is InChI=1S/C10H20N2.H3O4P/c1-5-9-8-12(7-3)10(6-2)11(9)4;1-5(2,3)4/h8,10H,5-7H2,1-4H3;(H3,1,2,3,4). The maximum atomic E-state index is 8.88. The van der Waals surface area contributed by atoms with Gasteiger partial charge in [-0.05, 0) is 19.8 Å². The van der Waals surface area contributed by atoms with Gasteiger partial charge in [-0.15, -0.1) is 0 Å². The number of phosphoric acid groups is 1. The van der Waals surface area contributed by atoms with Gasteiger partial charge in [0.1, 0.15) is 6.17 Å². The molecule has 0 saturated heterocycles. The minimum atomic E-state index is -4.64. The van der Waals surface area contributed by atoms with E-state index in [0.29, 0.717) is 6.17 Å². The fourth-order valence-electron chi connectivity index (χ4n) is 1.93. The maximum Gasteiger partial charge on any atom is 0.466 e. The number of hydrogen-bond donors (Lipinski definition) is 3. The maximum absolute atomic E-state index is 8.88. The molecular weight excluding hydrogens is 243 g/mol. The van der Waals surface area contributed by atoms with Crippen LogP contribution in [0.1, 0.15) is 33.6 Å². The van der Waals surface area contributed by atoms with Crippen LogP contribution in [0, 0.1) is 0 Å². The highest BCUT2D eigenvalue weighted by Crippen LogP contribution is 2.26. The highest BCUT2D eigenvalue weighted by atomic mass is 31.2. The zero-order valence-electron chi connectivity index (χ0n) is 10.9. The molecule has 0 radical (unpaired) electrons. The minimum Gasteiger partial charge on any atom is -0.356 e. The molecule has 7 heteroatoms. The summed E-state index contributed by atoms with van der Waals surface area (Å²) in [4.78, 5) is 26.4. The highest BCUT2D eigenvalue weighted by Gasteiger charge is 2.25. The smallest absolute Gasteiger partial charge is 0.356 e. The van der Waals surface area contributed by atoms with Crippen LogP contribution in [-0.2, 0) is 4.57 Å². The third-order valence-corrected chi connectivity index (χ3v) is 2.69. The van der Waals surface area contributed by atoms with Gasteiger partial charge in [0.05, 0.1) is 0 Å². The first-order chi connectivity index (χ1) is 7.74. The number of nitrogens with zero attached hydrogens (tertiary/aromatic N) is 2. The Morgan fingerprint density at radius 3 is 2.00 bits per heavy atom. The number of rotatable bonds is 3. The fourth-order valence-corrected chi connectivity index (χ4v) is 1.93. The summed E-state index contributed by atoms with van der Waals surface area (Å²) in [6.07, 6.45) is 5.24. The Labute approximate surface area is 103 Å². The first-order valence-corrected chi connectivity index (χ1v) is 7.28. The molecule has 1 atom stereocenters. The van der Waals surface area contributed by atoms with Crippen molar-refractivity contribution in [1.29, 1.82) is 0 Å². The first-order valence-electron chi connectivity index (χ1n) is 5.72.